The Kier molecular flexibility index (Phi) is 5.90. The van der Waals surface area contributed by atoms with Gasteiger partial charge in [0, 0.05) is 38.5 Å². The van der Waals surface area contributed by atoms with Crippen molar-refractivity contribution in [2.24, 2.45) is 4.99 Å². The number of hydrogen-bond donors (Lipinski definition) is 1. The number of rotatable bonds is 4. The fourth-order valence-corrected chi connectivity index (χ4v) is 7.54. The molecule has 48 heavy (non-hydrogen) atoms. The predicted molar refractivity (Wildman–Crippen MR) is 201 cm³/mol. The predicted octanol–water partition coefficient (Wildman–Crippen LogP) is 10.6. The van der Waals surface area contributed by atoms with Crippen LogP contribution in [-0.2, 0) is 0 Å². The molecule has 4 nitrogen and oxygen atoms in total. The molecule has 9 aromatic rings. The van der Waals surface area contributed by atoms with E-state index in [1.807, 2.05) is 6.07 Å². The molecule has 0 spiro atoms. The molecule has 0 amide bonds. The number of nitrogens with one attached hydrogen (secondary N) is 1. The topological polar surface area (TPSA) is 34.2 Å². The maximum Gasteiger partial charge on any atom is 0.149 e. The molecule has 10 rings (SSSR count). The van der Waals surface area contributed by atoms with Crippen LogP contribution in [0.2, 0.25) is 0 Å². The molecule has 7 aromatic carbocycles. The molecule has 1 N–H and O–H groups in total. The summed E-state index contributed by atoms with van der Waals surface area (Å²) < 4.78 is 4.79. The van der Waals surface area contributed by atoms with Gasteiger partial charge in [0.15, 0.2) is 0 Å². The largest absolute Gasteiger partial charge is 0.340 e. The molecule has 0 fully saturated rings. The molecule has 0 saturated carbocycles. The molecule has 1 aliphatic heterocycles. The summed E-state index contributed by atoms with van der Waals surface area (Å²) in [7, 11) is 0. The summed E-state index contributed by atoms with van der Waals surface area (Å²) in [6, 6.07) is 58.6. The summed E-state index contributed by atoms with van der Waals surface area (Å²) in [5.41, 5.74) is 9.11. The van der Waals surface area contributed by atoms with Crippen LogP contribution in [0, 0.1) is 0 Å². The van der Waals surface area contributed by atoms with Crippen molar-refractivity contribution in [3.63, 3.8) is 0 Å². The van der Waals surface area contributed by atoms with Gasteiger partial charge in [0.2, 0.25) is 0 Å². The molecule has 0 aliphatic carbocycles. The highest BCUT2D eigenvalue weighted by Crippen LogP contribution is 2.38. The van der Waals surface area contributed by atoms with E-state index >= 15 is 0 Å². The zero-order valence-electron chi connectivity index (χ0n) is 26.1. The molecule has 1 unspecified atom stereocenters. The SMILES string of the molecule is C1=C(c2ccc3ccccc3c2)NC(c2ccccc2)=NC1n1c2ccccc2c2cc(-n3c4ccccc4c4ccccc43)ccc21. The van der Waals surface area contributed by atoms with Crippen LogP contribution in [0.25, 0.3) is 65.8 Å². The minimum atomic E-state index is -0.260. The summed E-state index contributed by atoms with van der Waals surface area (Å²) >= 11 is 0. The fourth-order valence-electron chi connectivity index (χ4n) is 7.54. The first kappa shape index (κ1) is 26.8. The van der Waals surface area contributed by atoms with Crippen molar-refractivity contribution in [2.45, 2.75) is 6.17 Å². The molecule has 0 radical (unpaired) electrons. The lowest BCUT2D eigenvalue weighted by Gasteiger charge is -2.25. The monoisotopic (exact) mass is 614 g/mol. The first-order valence-corrected chi connectivity index (χ1v) is 16.4. The van der Waals surface area contributed by atoms with Gasteiger partial charge >= 0.3 is 0 Å². The summed E-state index contributed by atoms with van der Waals surface area (Å²) in [4.78, 5) is 5.37. The van der Waals surface area contributed by atoms with Crippen LogP contribution in [0.15, 0.2) is 175 Å². The van der Waals surface area contributed by atoms with Crippen molar-refractivity contribution in [1.29, 1.82) is 0 Å². The molecule has 3 heterocycles. The van der Waals surface area contributed by atoms with Crippen molar-refractivity contribution >= 4 is 65.9 Å². The zero-order valence-corrected chi connectivity index (χ0v) is 26.1. The molecular weight excluding hydrogens is 585 g/mol. The Balaban J connectivity index is 1.20. The van der Waals surface area contributed by atoms with Gasteiger partial charge in [-0.3, -0.25) is 0 Å². The lowest BCUT2D eigenvalue weighted by atomic mass is 10.0. The van der Waals surface area contributed by atoms with E-state index in [0.717, 1.165) is 39.4 Å². The minimum absolute atomic E-state index is 0.260. The van der Waals surface area contributed by atoms with E-state index < -0.39 is 0 Å². The van der Waals surface area contributed by atoms with E-state index in [-0.39, 0.29) is 6.17 Å². The normalized spacial score (nSPS) is 14.9. The number of benzene rings is 7. The Hall–Kier alpha value is -6.39. The number of aromatic nitrogens is 2. The summed E-state index contributed by atoms with van der Waals surface area (Å²) in [5, 5.41) is 11.1. The van der Waals surface area contributed by atoms with E-state index in [2.05, 4.69) is 178 Å². The quantitative estimate of drug-likeness (QED) is 0.210. The highest BCUT2D eigenvalue weighted by molar-refractivity contribution is 6.12. The Morgan fingerprint density at radius 1 is 0.458 bits per heavy atom. The maximum absolute atomic E-state index is 5.37. The van der Waals surface area contributed by atoms with Gasteiger partial charge in [-0.25, -0.2) is 4.99 Å². The number of para-hydroxylation sites is 3. The molecule has 1 aliphatic rings. The van der Waals surface area contributed by atoms with Gasteiger partial charge < -0.3 is 14.5 Å². The molecule has 4 heteroatoms. The average Bonchev–Trinajstić information content (AvgIpc) is 3.67. The van der Waals surface area contributed by atoms with E-state index in [0.29, 0.717) is 0 Å². The van der Waals surface area contributed by atoms with Crippen LogP contribution < -0.4 is 5.32 Å². The van der Waals surface area contributed by atoms with Gasteiger partial charge in [0.05, 0.1) is 22.1 Å². The zero-order chi connectivity index (χ0) is 31.6. The van der Waals surface area contributed by atoms with E-state index in [1.54, 1.807) is 0 Å². The molecule has 2 aromatic heterocycles. The second-order valence-corrected chi connectivity index (χ2v) is 12.5. The first-order valence-electron chi connectivity index (χ1n) is 16.4. The first-order chi connectivity index (χ1) is 23.8. The third kappa shape index (κ3) is 4.13. The maximum atomic E-state index is 5.37. The van der Waals surface area contributed by atoms with Crippen molar-refractivity contribution < 1.29 is 0 Å². The van der Waals surface area contributed by atoms with Crippen LogP contribution >= 0.6 is 0 Å². The summed E-state index contributed by atoms with van der Waals surface area (Å²) in [6.07, 6.45) is 2.01. The van der Waals surface area contributed by atoms with Crippen molar-refractivity contribution in [2.75, 3.05) is 0 Å². The van der Waals surface area contributed by atoms with Gasteiger partial charge in [-0.05, 0) is 64.9 Å². The van der Waals surface area contributed by atoms with Crippen LogP contribution in [0.5, 0.6) is 0 Å². The lowest BCUT2D eigenvalue weighted by Crippen LogP contribution is -2.29. The minimum Gasteiger partial charge on any atom is -0.340 e. The number of nitrogens with zero attached hydrogens (tertiary/aromatic N) is 3. The Labute approximate surface area is 277 Å². The standard InChI is InChI=1S/C44H30N4/c1-2-13-30(14-3-1)44-45-38(32-23-22-29-12-4-5-15-31(29)26-32)28-43(46-44)48-41-21-11-8-18-36(41)37-27-33(24-25-42(37)48)47-39-19-9-6-16-34(39)35-17-7-10-20-40(35)47/h1-28,43H,(H,45,46). The Bertz CT molecular complexity index is 2710. The van der Waals surface area contributed by atoms with Crippen LogP contribution in [-0.4, -0.2) is 15.0 Å². The van der Waals surface area contributed by atoms with Gasteiger partial charge in [0.25, 0.3) is 0 Å². The van der Waals surface area contributed by atoms with Gasteiger partial charge in [-0.1, -0.05) is 121 Å². The number of amidine groups is 1. The fraction of sp³-hybridized carbons (Fsp3) is 0.0227. The number of aliphatic imine (C=N–C) groups is 1. The molecule has 0 bridgehead atoms. The smallest absolute Gasteiger partial charge is 0.149 e. The van der Waals surface area contributed by atoms with Crippen LogP contribution in [0.3, 0.4) is 0 Å². The Morgan fingerprint density at radius 2 is 1.06 bits per heavy atom. The highest BCUT2D eigenvalue weighted by Gasteiger charge is 2.23. The number of fused-ring (bicyclic) bond motifs is 7. The summed E-state index contributed by atoms with van der Waals surface area (Å²) in [6.45, 7) is 0. The van der Waals surface area contributed by atoms with E-state index in [4.69, 9.17) is 4.99 Å². The van der Waals surface area contributed by atoms with Crippen molar-refractivity contribution in [1.82, 2.24) is 14.5 Å². The van der Waals surface area contributed by atoms with Crippen molar-refractivity contribution in [3.05, 3.63) is 181 Å². The molecular formula is C44H30N4. The van der Waals surface area contributed by atoms with Crippen LogP contribution in [0.1, 0.15) is 17.3 Å². The van der Waals surface area contributed by atoms with E-state index in [1.165, 1.54) is 43.4 Å². The van der Waals surface area contributed by atoms with Crippen molar-refractivity contribution in [3.8, 4) is 5.69 Å². The third-order valence-electron chi connectivity index (χ3n) is 9.73. The number of hydrogen-bond acceptors (Lipinski definition) is 2. The van der Waals surface area contributed by atoms with Gasteiger partial charge in [-0.2, -0.15) is 0 Å². The molecule has 226 valence electrons. The highest BCUT2D eigenvalue weighted by atomic mass is 15.2. The summed E-state index contributed by atoms with van der Waals surface area (Å²) in [5.74, 6) is 0.860. The Morgan fingerprint density at radius 3 is 1.81 bits per heavy atom. The average molecular weight is 615 g/mol. The molecule has 0 saturated heterocycles. The second-order valence-electron chi connectivity index (χ2n) is 12.5. The van der Waals surface area contributed by atoms with E-state index in [9.17, 15) is 0 Å². The second kappa shape index (κ2) is 10.6. The van der Waals surface area contributed by atoms with Crippen LogP contribution in [0.4, 0.5) is 0 Å². The molecule has 1 atom stereocenters. The van der Waals surface area contributed by atoms with Gasteiger partial charge in [-0.15, -0.1) is 0 Å². The lowest BCUT2D eigenvalue weighted by molar-refractivity contribution is 0.668. The van der Waals surface area contributed by atoms with Gasteiger partial charge in [0.1, 0.15) is 12.0 Å². The third-order valence-corrected chi connectivity index (χ3v) is 9.73.